The van der Waals surface area contributed by atoms with Crippen LogP contribution in [0.15, 0.2) is 12.7 Å². The summed E-state index contributed by atoms with van der Waals surface area (Å²) in [6.07, 6.45) is -5.55. The van der Waals surface area contributed by atoms with Crippen LogP contribution in [0.5, 0.6) is 0 Å². The molecule has 1 fully saturated rings. The van der Waals surface area contributed by atoms with Crippen molar-refractivity contribution in [1.82, 2.24) is 26.2 Å². The van der Waals surface area contributed by atoms with E-state index in [1.54, 1.807) is 20.8 Å². The number of halogens is 3. The quantitative estimate of drug-likeness (QED) is 0.147. The predicted molar refractivity (Wildman–Crippen MR) is 175 cm³/mol. The lowest BCUT2D eigenvalue weighted by molar-refractivity contribution is -0.147. The van der Waals surface area contributed by atoms with Gasteiger partial charge in [-0.25, -0.2) is 4.79 Å². The van der Waals surface area contributed by atoms with E-state index in [2.05, 4.69) is 48.6 Å². The first-order chi connectivity index (χ1) is 21.5. The molecule has 0 radical (unpaired) electrons. The molecule has 1 rings (SSSR count). The molecule has 47 heavy (non-hydrogen) atoms. The van der Waals surface area contributed by atoms with Crippen molar-refractivity contribution in [3.8, 4) is 0 Å². The average molecular weight is 679 g/mol. The second-order valence-electron chi connectivity index (χ2n) is 13.1. The number of Topliss-reactive ketones (excluding diaryl/α,β-unsaturated/α-hetero) is 1. The highest BCUT2D eigenvalue weighted by Crippen LogP contribution is 2.32. The Bertz CT molecular complexity index is 1060. The Morgan fingerprint density at radius 3 is 1.91 bits per heavy atom. The average Bonchev–Trinajstić information content (AvgIpc) is 3.41. The number of amides is 6. The van der Waals surface area contributed by atoms with E-state index in [-0.39, 0.29) is 31.3 Å². The number of primary amides is 1. The molecule has 0 spiro atoms. The van der Waals surface area contributed by atoms with Gasteiger partial charge in [0, 0.05) is 19.5 Å². The molecule has 1 aliphatic heterocycles. The first-order valence-corrected chi connectivity index (χ1v) is 15.9. The maximum absolute atomic E-state index is 13.8. The highest BCUT2D eigenvalue weighted by atomic mass is 19.4. The predicted octanol–water partition coefficient (Wildman–Crippen LogP) is 3.45. The molecule has 12 nitrogen and oxygen atoms in total. The van der Waals surface area contributed by atoms with Crippen LogP contribution in [0.2, 0.25) is 0 Å². The first-order valence-electron chi connectivity index (χ1n) is 15.9. The number of carbonyl (C=O) groups is 6. The fourth-order valence-electron chi connectivity index (χ4n) is 4.26. The number of likely N-dealkylation sites (tertiary alicyclic amines) is 1. The molecule has 4 atom stereocenters. The van der Waals surface area contributed by atoms with Crippen molar-refractivity contribution in [2.24, 2.45) is 28.9 Å². The van der Waals surface area contributed by atoms with Crippen molar-refractivity contribution in [3.63, 3.8) is 0 Å². The van der Waals surface area contributed by atoms with Gasteiger partial charge in [-0.15, -0.1) is 6.58 Å². The molecule has 272 valence electrons. The van der Waals surface area contributed by atoms with E-state index in [1.807, 2.05) is 27.7 Å². The van der Waals surface area contributed by atoms with Crippen LogP contribution in [0.3, 0.4) is 0 Å². The van der Waals surface area contributed by atoms with Gasteiger partial charge < -0.3 is 31.9 Å². The van der Waals surface area contributed by atoms with Gasteiger partial charge in [-0.05, 0) is 36.0 Å². The number of nitrogens with zero attached hydrogens (tertiary/aromatic N) is 1. The molecule has 6 amide bonds. The summed E-state index contributed by atoms with van der Waals surface area (Å²) < 4.78 is 38.9. The van der Waals surface area contributed by atoms with Crippen molar-refractivity contribution in [2.45, 2.75) is 113 Å². The number of rotatable bonds is 13. The van der Waals surface area contributed by atoms with Crippen LogP contribution in [0.4, 0.5) is 18.0 Å². The van der Waals surface area contributed by atoms with Gasteiger partial charge in [-0.2, -0.15) is 13.2 Å². The fraction of sp³-hybridized carbons (Fsp3) is 0.750. The number of carbonyl (C=O) groups excluding carboxylic acids is 6. The summed E-state index contributed by atoms with van der Waals surface area (Å²) in [5, 5.41) is 9.19. The van der Waals surface area contributed by atoms with Crippen LogP contribution < -0.4 is 27.0 Å². The Morgan fingerprint density at radius 1 is 0.957 bits per heavy atom. The zero-order chi connectivity index (χ0) is 37.3. The first kappa shape index (κ1) is 45.5. The Kier molecular flexibility index (Phi) is 20.6. The van der Waals surface area contributed by atoms with E-state index in [4.69, 9.17) is 5.73 Å². The van der Waals surface area contributed by atoms with Crippen molar-refractivity contribution in [2.75, 3.05) is 19.6 Å². The minimum Gasteiger partial charge on any atom is -0.368 e. The van der Waals surface area contributed by atoms with Crippen molar-refractivity contribution >= 4 is 35.4 Å². The van der Waals surface area contributed by atoms with E-state index in [9.17, 15) is 41.9 Å². The van der Waals surface area contributed by atoms with Crippen molar-refractivity contribution in [3.05, 3.63) is 12.7 Å². The molecule has 15 heteroatoms. The lowest BCUT2D eigenvalue weighted by atomic mass is 9.85. The molecule has 6 N–H and O–H groups in total. The van der Waals surface area contributed by atoms with E-state index >= 15 is 0 Å². The third-order valence-corrected chi connectivity index (χ3v) is 6.65. The normalized spacial score (nSPS) is 17.2. The Labute approximate surface area is 277 Å². The van der Waals surface area contributed by atoms with Crippen molar-refractivity contribution < 1.29 is 41.9 Å². The van der Waals surface area contributed by atoms with Crippen LogP contribution >= 0.6 is 0 Å². The smallest absolute Gasteiger partial charge is 0.368 e. The molecule has 0 aliphatic carbocycles. The maximum atomic E-state index is 13.8. The number of nitrogens with two attached hydrogens (primary N) is 1. The third kappa shape index (κ3) is 18.3. The number of urea groups is 1. The second-order valence-corrected chi connectivity index (χ2v) is 13.1. The third-order valence-electron chi connectivity index (χ3n) is 6.65. The van der Waals surface area contributed by atoms with Gasteiger partial charge in [0.1, 0.15) is 12.1 Å². The molecule has 4 unspecified atom stereocenters. The molecule has 1 aliphatic rings. The van der Waals surface area contributed by atoms with E-state index in [1.165, 1.54) is 11.0 Å². The van der Waals surface area contributed by atoms with E-state index in [0.717, 1.165) is 5.92 Å². The molecule has 1 heterocycles. The highest BCUT2D eigenvalue weighted by molar-refractivity contribution is 6.38. The van der Waals surface area contributed by atoms with Gasteiger partial charge in [0.15, 0.2) is 0 Å². The number of hydrogen-bond acceptors (Lipinski definition) is 6. The maximum Gasteiger partial charge on any atom is 0.389 e. The molecule has 0 saturated carbocycles. The van der Waals surface area contributed by atoms with E-state index in [0.29, 0.717) is 0 Å². The number of ketones is 1. The van der Waals surface area contributed by atoms with Gasteiger partial charge in [-0.3, -0.25) is 24.0 Å². The minimum atomic E-state index is -4.65. The van der Waals surface area contributed by atoms with Gasteiger partial charge in [0.05, 0.1) is 12.6 Å². The van der Waals surface area contributed by atoms with Crippen LogP contribution in [0, 0.1) is 23.2 Å². The standard InChI is InChI=1S/C26H41F3N6O6.C4H10.C2H6/c1-7-10-31-22(39)19(37)16(8-9-26(27,28)29)33-21(38)17-11-15(14(2)3)13-35(17)23(40)20(25(4,5)6)34-24(41)32-12-18(30)36;1-4(2)3;1-2/h7,14-17,20H,1,8-13H2,2-6H3,(H2,30,36)(H,31,39)(H,33,38)(H2,32,34,41);4H,1-3H3;1-2H3. The van der Waals surface area contributed by atoms with Gasteiger partial charge in [0.2, 0.25) is 23.5 Å². The van der Waals surface area contributed by atoms with Crippen LogP contribution in [0.1, 0.15) is 88.5 Å². The molecular formula is C32H57F3N6O6. The summed E-state index contributed by atoms with van der Waals surface area (Å²) in [5.41, 5.74) is 4.18. The van der Waals surface area contributed by atoms with Gasteiger partial charge in [-0.1, -0.05) is 75.3 Å². The number of hydrogen-bond donors (Lipinski definition) is 5. The summed E-state index contributed by atoms with van der Waals surface area (Å²) in [4.78, 5) is 76.7. The van der Waals surface area contributed by atoms with Gasteiger partial charge in [0.25, 0.3) is 5.91 Å². The Morgan fingerprint density at radius 2 is 1.49 bits per heavy atom. The topological polar surface area (TPSA) is 180 Å². The van der Waals surface area contributed by atoms with Crippen LogP contribution in [0.25, 0.3) is 0 Å². The molecule has 0 aromatic rings. The fourth-order valence-corrected chi connectivity index (χ4v) is 4.26. The largest absolute Gasteiger partial charge is 0.389 e. The summed E-state index contributed by atoms with van der Waals surface area (Å²) in [7, 11) is 0. The Hall–Kier alpha value is -3.65. The summed E-state index contributed by atoms with van der Waals surface area (Å²) in [6, 6.07) is -5.00. The molecule has 0 bridgehead atoms. The van der Waals surface area contributed by atoms with Gasteiger partial charge >= 0.3 is 12.2 Å². The summed E-state index contributed by atoms with van der Waals surface area (Å²) in [5.74, 6) is -4.13. The summed E-state index contributed by atoms with van der Waals surface area (Å²) in [6.45, 7) is 22.2. The zero-order valence-electron chi connectivity index (χ0n) is 29.6. The molecule has 1 saturated heterocycles. The number of alkyl halides is 3. The zero-order valence-corrected chi connectivity index (χ0v) is 29.6. The Balaban J connectivity index is 0. The second kappa shape index (κ2) is 21.3. The lowest BCUT2D eigenvalue weighted by Gasteiger charge is -2.35. The SMILES string of the molecule is C=CCNC(=O)C(=O)C(CCC(F)(F)F)NC(=O)C1CC(C(C)C)CN1C(=O)C(NC(=O)NCC(N)=O)C(C)(C)C.CC.CC(C)C. The highest BCUT2D eigenvalue weighted by Gasteiger charge is 2.46. The van der Waals surface area contributed by atoms with Crippen molar-refractivity contribution in [1.29, 1.82) is 0 Å². The van der Waals surface area contributed by atoms with E-state index < -0.39 is 84.5 Å². The summed E-state index contributed by atoms with van der Waals surface area (Å²) >= 11 is 0. The van der Waals surface area contributed by atoms with Crippen LogP contribution in [-0.2, 0) is 24.0 Å². The molecule has 0 aromatic carbocycles. The lowest BCUT2D eigenvalue weighted by Crippen LogP contribution is -2.60. The monoisotopic (exact) mass is 678 g/mol. The van der Waals surface area contributed by atoms with Crippen LogP contribution in [-0.4, -0.2) is 84.3 Å². The number of nitrogens with one attached hydrogen (secondary N) is 4. The minimum absolute atomic E-state index is 0.00958. The molecule has 0 aromatic heterocycles. The molecular weight excluding hydrogens is 621 g/mol.